The highest BCUT2D eigenvalue weighted by atomic mass is 32.2. The second-order valence-corrected chi connectivity index (χ2v) is 8.34. The standard InChI is InChI=1S/C18H17N5O2S2/c1-22-11-14(12-4-3-5-13(26)10-12)17-15(6-8-19-18(17)22)21-27(24,25)16-7-9-23(2)20-16/h3-11,26H,1-2H3,(H,19,21). The Morgan fingerprint density at radius 1 is 1.15 bits per heavy atom. The Morgan fingerprint density at radius 2 is 1.96 bits per heavy atom. The highest BCUT2D eigenvalue weighted by Gasteiger charge is 2.21. The molecule has 0 unspecified atom stereocenters. The summed E-state index contributed by atoms with van der Waals surface area (Å²) in [6, 6.07) is 10.8. The molecule has 0 radical (unpaired) electrons. The van der Waals surface area contributed by atoms with Crippen LogP contribution in [0.25, 0.3) is 22.2 Å². The predicted octanol–water partition coefficient (Wildman–Crippen LogP) is 3.06. The van der Waals surface area contributed by atoms with Gasteiger partial charge in [-0.15, -0.1) is 12.6 Å². The smallest absolute Gasteiger partial charge is 0.281 e. The van der Waals surface area contributed by atoms with Gasteiger partial charge in [-0.25, -0.2) is 4.98 Å². The van der Waals surface area contributed by atoms with Gasteiger partial charge in [0, 0.05) is 43.1 Å². The number of rotatable bonds is 4. The number of fused-ring (bicyclic) bond motifs is 1. The summed E-state index contributed by atoms with van der Waals surface area (Å²) in [5.74, 6) is 0. The fourth-order valence-electron chi connectivity index (χ4n) is 3.01. The molecule has 0 aliphatic rings. The van der Waals surface area contributed by atoms with Gasteiger partial charge in [-0.05, 0) is 29.8 Å². The number of benzene rings is 1. The topological polar surface area (TPSA) is 81.8 Å². The summed E-state index contributed by atoms with van der Waals surface area (Å²) in [6.07, 6.45) is 5.10. The van der Waals surface area contributed by atoms with Crippen molar-refractivity contribution in [3.05, 3.63) is 55.0 Å². The molecule has 1 N–H and O–H groups in total. The van der Waals surface area contributed by atoms with Crippen molar-refractivity contribution >= 4 is 39.4 Å². The summed E-state index contributed by atoms with van der Waals surface area (Å²) in [7, 11) is -0.270. The average molecular weight is 400 g/mol. The Labute approximate surface area is 162 Å². The third kappa shape index (κ3) is 3.19. The van der Waals surface area contributed by atoms with Gasteiger partial charge in [-0.3, -0.25) is 9.40 Å². The fourth-order valence-corrected chi connectivity index (χ4v) is 4.28. The normalized spacial score (nSPS) is 11.8. The first-order valence-corrected chi connectivity index (χ1v) is 10.0. The van der Waals surface area contributed by atoms with Crippen LogP contribution in [-0.4, -0.2) is 27.7 Å². The highest BCUT2D eigenvalue weighted by molar-refractivity contribution is 7.92. The van der Waals surface area contributed by atoms with Gasteiger partial charge in [-0.1, -0.05) is 12.1 Å². The van der Waals surface area contributed by atoms with Crippen molar-refractivity contribution in [1.29, 1.82) is 0 Å². The molecule has 4 rings (SSSR count). The van der Waals surface area contributed by atoms with Crippen LogP contribution in [0.4, 0.5) is 5.69 Å². The van der Waals surface area contributed by atoms with Crippen molar-refractivity contribution in [3.8, 4) is 11.1 Å². The summed E-state index contributed by atoms with van der Waals surface area (Å²) >= 11 is 4.41. The molecule has 4 aromatic rings. The lowest BCUT2D eigenvalue weighted by molar-refractivity contribution is 0.593. The average Bonchev–Trinajstić information content (AvgIpc) is 3.20. The maximum absolute atomic E-state index is 12.7. The van der Waals surface area contributed by atoms with E-state index in [9.17, 15) is 8.42 Å². The Morgan fingerprint density at radius 3 is 2.67 bits per heavy atom. The minimum absolute atomic E-state index is 0.0372. The van der Waals surface area contributed by atoms with Gasteiger partial charge in [0.2, 0.25) is 0 Å². The fraction of sp³-hybridized carbons (Fsp3) is 0.111. The van der Waals surface area contributed by atoms with Crippen LogP contribution in [0.15, 0.2) is 64.9 Å². The van der Waals surface area contributed by atoms with Crippen molar-refractivity contribution in [2.24, 2.45) is 14.1 Å². The van der Waals surface area contributed by atoms with E-state index in [1.165, 1.54) is 10.7 Å². The van der Waals surface area contributed by atoms with Crippen molar-refractivity contribution in [2.75, 3.05) is 4.72 Å². The molecule has 0 aliphatic heterocycles. The van der Waals surface area contributed by atoms with Crippen molar-refractivity contribution in [2.45, 2.75) is 9.92 Å². The van der Waals surface area contributed by atoms with E-state index in [0.717, 1.165) is 21.4 Å². The van der Waals surface area contributed by atoms with E-state index in [0.29, 0.717) is 11.3 Å². The zero-order chi connectivity index (χ0) is 19.2. The van der Waals surface area contributed by atoms with E-state index < -0.39 is 10.0 Å². The number of anilines is 1. The molecule has 0 atom stereocenters. The monoisotopic (exact) mass is 399 g/mol. The van der Waals surface area contributed by atoms with Gasteiger partial charge >= 0.3 is 0 Å². The molecule has 138 valence electrons. The summed E-state index contributed by atoms with van der Waals surface area (Å²) in [5, 5.41) is 4.67. The molecule has 0 spiro atoms. The predicted molar refractivity (Wildman–Crippen MR) is 107 cm³/mol. The van der Waals surface area contributed by atoms with Gasteiger partial charge < -0.3 is 4.57 Å². The van der Waals surface area contributed by atoms with Crippen molar-refractivity contribution in [1.82, 2.24) is 19.3 Å². The van der Waals surface area contributed by atoms with Crippen LogP contribution in [0.1, 0.15) is 0 Å². The third-order valence-electron chi connectivity index (χ3n) is 4.22. The first kappa shape index (κ1) is 17.6. The van der Waals surface area contributed by atoms with E-state index in [4.69, 9.17) is 0 Å². The second kappa shape index (κ2) is 6.43. The molecule has 0 saturated heterocycles. The number of nitrogens with zero attached hydrogens (tertiary/aromatic N) is 4. The zero-order valence-corrected chi connectivity index (χ0v) is 16.4. The number of aryl methyl sites for hydroxylation is 2. The van der Waals surface area contributed by atoms with Gasteiger partial charge in [0.25, 0.3) is 10.0 Å². The first-order valence-electron chi connectivity index (χ1n) is 8.11. The molecule has 0 fully saturated rings. The van der Waals surface area contributed by atoms with E-state index in [2.05, 4.69) is 27.4 Å². The molecular formula is C18H17N5O2S2. The molecule has 0 amide bonds. The van der Waals surface area contributed by atoms with Crippen LogP contribution in [0, 0.1) is 0 Å². The van der Waals surface area contributed by atoms with Crippen LogP contribution in [0.3, 0.4) is 0 Å². The van der Waals surface area contributed by atoms with E-state index in [1.807, 2.05) is 42.1 Å². The van der Waals surface area contributed by atoms with Gasteiger partial charge in [0.1, 0.15) is 5.65 Å². The summed E-state index contributed by atoms with van der Waals surface area (Å²) < 4.78 is 31.5. The first-order chi connectivity index (χ1) is 12.8. The number of hydrogen-bond acceptors (Lipinski definition) is 5. The lowest BCUT2D eigenvalue weighted by Crippen LogP contribution is -2.14. The number of aromatic nitrogens is 4. The van der Waals surface area contributed by atoms with Crippen LogP contribution in [0.2, 0.25) is 0 Å². The van der Waals surface area contributed by atoms with Crippen LogP contribution in [0.5, 0.6) is 0 Å². The SMILES string of the molecule is Cn1ccc(S(=O)(=O)Nc2ccnc3c2c(-c2cccc(S)c2)cn3C)n1. The number of nitrogens with one attached hydrogen (secondary N) is 1. The van der Waals surface area contributed by atoms with Crippen molar-refractivity contribution < 1.29 is 8.42 Å². The minimum Gasteiger partial charge on any atom is -0.335 e. The van der Waals surface area contributed by atoms with Gasteiger partial charge in [0.15, 0.2) is 5.03 Å². The quantitative estimate of drug-likeness (QED) is 0.517. The molecule has 3 heterocycles. The maximum Gasteiger partial charge on any atom is 0.281 e. The summed E-state index contributed by atoms with van der Waals surface area (Å²) in [4.78, 5) is 5.23. The van der Waals surface area contributed by atoms with Gasteiger partial charge in [-0.2, -0.15) is 13.5 Å². The molecule has 7 nitrogen and oxygen atoms in total. The largest absolute Gasteiger partial charge is 0.335 e. The van der Waals surface area contributed by atoms with Crippen LogP contribution in [-0.2, 0) is 24.1 Å². The maximum atomic E-state index is 12.7. The molecule has 0 bridgehead atoms. The Hall–Kier alpha value is -2.78. The van der Waals surface area contributed by atoms with Crippen LogP contribution >= 0.6 is 12.6 Å². The lowest BCUT2D eigenvalue weighted by Gasteiger charge is -2.09. The molecule has 0 saturated carbocycles. The molecule has 1 aromatic carbocycles. The van der Waals surface area contributed by atoms with Crippen LogP contribution < -0.4 is 4.72 Å². The second-order valence-electron chi connectivity index (χ2n) is 6.19. The molecule has 3 aromatic heterocycles. The minimum atomic E-state index is -3.82. The Bertz CT molecular complexity index is 1260. The number of pyridine rings is 1. The Balaban J connectivity index is 1.89. The molecular weight excluding hydrogens is 382 g/mol. The number of thiol groups is 1. The van der Waals surface area contributed by atoms with E-state index >= 15 is 0 Å². The van der Waals surface area contributed by atoms with Gasteiger partial charge in [0.05, 0.1) is 11.1 Å². The number of sulfonamides is 1. The molecule has 9 heteroatoms. The highest BCUT2D eigenvalue weighted by Crippen LogP contribution is 2.35. The lowest BCUT2D eigenvalue weighted by atomic mass is 10.1. The number of hydrogen-bond donors (Lipinski definition) is 2. The van der Waals surface area contributed by atoms with E-state index in [-0.39, 0.29) is 5.03 Å². The third-order valence-corrected chi connectivity index (χ3v) is 5.76. The Kier molecular flexibility index (Phi) is 4.20. The summed E-state index contributed by atoms with van der Waals surface area (Å²) in [5.41, 5.74) is 2.93. The molecule has 27 heavy (non-hydrogen) atoms. The summed E-state index contributed by atoms with van der Waals surface area (Å²) in [6.45, 7) is 0. The zero-order valence-electron chi connectivity index (χ0n) is 14.7. The molecule has 0 aliphatic carbocycles. The van der Waals surface area contributed by atoms with E-state index in [1.54, 1.807) is 25.5 Å². The van der Waals surface area contributed by atoms with Crippen molar-refractivity contribution in [3.63, 3.8) is 0 Å².